The van der Waals surface area contributed by atoms with E-state index in [1.807, 2.05) is 13.1 Å². The number of aryl methyl sites for hydroxylation is 1. The minimum absolute atomic E-state index is 0.241. The first kappa shape index (κ1) is 8.62. The van der Waals surface area contributed by atoms with Crippen molar-refractivity contribution in [3.05, 3.63) is 36.0 Å². The highest BCUT2D eigenvalue weighted by molar-refractivity contribution is 5.42. The lowest BCUT2D eigenvalue weighted by Gasteiger charge is -1.99. The molecule has 1 aromatic carbocycles. The molecule has 4 nitrogen and oxygen atoms in total. The lowest BCUT2D eigenvalue weighted by Crippen LogP contribution is -1.95. The maximum Gasteiger partial charge on any atom is 0.148 e. The molecule has 14 heavy (non-hydrogen) atoms. The van der Waals surface area contributed by atoms with E-state index in [2.05, 4.69) is 5.10 Å². The maximum absolute atomic E-state index is 9.11. The highest BCUT2D eigenvalue weighted by Crippen LogP contribution is 2.15. The smallest absolute Gasteiger partial charge is 0.148 e. The fourth-order valence-electron chi connectivity index (χ4n) is 1.21. The highest BCUT2D eigenvalue weighted by Gasteiger charge is 2.02. The van der Waals surface area contributed by atoms with Crippen molar-refractivity contribution in [3.8, 4) is 11.4 Å². The number of nitrogens with zero attached hydrogens (tertiary/aromatic N) is 2. The Morgan fingerprint density at radius 2 is 1.93 bits per heavy atom. The van der Waals surface area contributed by atoms with Crippen LogP contribution in [-0.4, -0.2) is 14.9 Å². The van der Waals surface area contributed by atoms with Gasteiger partial charge in [0, 0.05) is 11.8 Å². The highest BCUT2D eigenvalue weighted by atomic mass is 16.3. The summed E-state index contributed by atoms with van der Waals surface area (Å²) >= 11 is 0. The van der Waals surface area contributed by atoms with Crippen molar-refractivity contribution in [1.29, 1.82) is 0 Å². The summed E-state index contributed by atoms with van der Waals surface area (Å²) in [5.41, 5.74) is 7.45. The number of anilines is 1. The van der Waals surface area contributed by atoms with Crippen molar-refractivity contribution in [2.45, 2.75) is 6.92 Å². The Morgan fingerprint density at radius 1 is 1.29 bits per heavy atom. The Kier molecular flexibility index (Phi) is 1.89. The Bertz CT molecular complexity index is 425. The molecule has 0 aliphatic carbocycles. The summed E-state index contributed by atoms with van der Waals surface area (Å²) < 4.78 is 1.68. The number of hydrogen-bond acceptors (Lipinski definition) is 3. The van der Waals surface area contributed by atoms with Crippen LogP contribution in [0.2, 0.25) is 0 Å². The summed E-state index contributed by atoms with van der Waals surface area (Å²) in [6.07, 6.45) is 1.85. The molecule has 0 bridgehead atoms. The fraction of sp³-hybridized carbons (Fsp3) is 0.100. The van der Waals surface area contributed by atoms with Gasteiger partial charge in [-0.25, -0.2) is 4.68 Å². The number of rotatable bonds is 1. The van der Waals surface area contributed by atoms with Crippen molar-refractivity contribution in [2.24, 2.45) is 0 Å². The van der Waals surface area contributed by atoms with Gasteiger partial charge in [-0.05, 0) is 31.2 Å². The van der Waals surface area contributed by atoms with Gasteiger partial charge >= 0.3 is 0 Å². The Labute approximate surface area is 81.6 Å². The molecule has 0 radical (unpaired) electrons. The van der Waals surface area contributed by atoms with E-state index in [1.165, 1.54) is 0 Å². The zero-order chi connectivity index (χ0) is 10.1. The summed E-state index contributed by atoms with van der Waals surface area (Å²) in [7, 11) is 0. The second-order valence-corrected chi connectivity index (χ2v) is 3.16. The minimum Gasteiger partial charge on any atom is -0.508 e. The van der Waals surface area contributed by atoms with Gasteiger partial charge in [0.25, 0.3) is 0 Å². The molecule has 0 atom stereocenters. The molecule has 0 aliphatic heterocycles. The predicted molar refractivity (Wildman–Crippen MR) is 54.4 cm³/mol. The molecular formula is C10H11N3O. The van der Waals surface area contributed by atoms with Crippen LogP contribution in [0, 0.1) is 6.92 Å². The zero-order valence-corrected chi connectivity index (χ0v) is 7.81. The fourth-order valence-corrected chi connectivity index (χ4v) is 1.21. The summed E-state index contributed by atoms with van der Waals surface area (Å²) in [4.78, 5) is 0. The van der Waals surface area contributed by atoms with Crippen molar-refractivity contribution in [1.82, 2.24) is 9.78 Å². The van der Waals surface area contributed by atoms with Gasteiger partial charge in [0.15, 0.2) is 0 Å². The number of phenolic OH excluding ortho intramolecular Hbond substituents is 1. The molecule has 3 N–H and O–H groups in total. The zero-order valence-electron chi connectivity index (χ0n) is 7.81. The van der Waals surface area contributed by atoms with E-state index in [9.17, 15) is 0 Å². The number of hydrogen-bond donors (Lipinski definition) is 2. The van der Waals surface area contributed by atoms with Crippen LogP contribution in [0.4, 0.5) is 5.82 Å². The third kappa shape index (κ3) is 1.42. The van der Waals surface area contributed by atoms with Crippen LogP contribution in [0.3, 0.4) is 0 Å². The number of nitrogen functional groups attached to an aromatic ring is 1. The van der Waals surface area contributed by atoms with Gasteiger partial charge in [0.2, 0.25) is 0 Å². The Balaban J connectivity index is 2.44. The van der Waals surface area contributed by atoms with Gasteiger partial charge in [0.1, 0.15) is 11.6 Å². The first-order valence-corrected chi connectivity index (χ1v) is 4.28. The van der Waals surface area contributed by atoms with Crippen LogP contribution in [-0.2, 0) is 0 Å². The first-order valence-electron chi connectivity index (χ1n) is 4.28. The lowest BCUT2D eigenvalue weighted by molar-refractivity contribution is 0.475. The molecule has 72 valence electrons. The lowest BCUT2D eigenvalue weighted by atomic mass is 10.3. The molecule has 0 unspecified atom stereocenters. The van der Waals surface area contributed by atoms with Gasteiger partial charge in [-0.1, -0.05) is 0 Å². The molecule has 0 saturated heterocycles. The van der Waals surface area contributed by atoms with Gasteiger partial charge in [-0.2, -0.15) is 5.10 Å². The van der Waals surface area contributed by atoms with Crippen LogP contribution in [0.5, 0.6) is 5.75 Å². The van der Waals surface area contributed by atoms with E-state index in [-0.39, 0.29) is 5.75 Å². The van der Waals surface area contributed by atoms with E-state index in [4.69, 9.17) is 10.8 Å². The first-order chi connectivity index (χ1) is 6.66. The number of phenols is 1. The number of nitrogens with two attached hydrogens (primary N) is 1. The third-order valence-corrected chi connectivity index (χ3v) is 2.05. The number of aromatic hydroxyl groups is 1. The topological polar surface area (TPSA) is 64.1 Å². The maximum atomic E-state index is 9.11. The standard InChI is InChI=1S/C10H11N3O/c1-7-6-13(12-10(7)11)8-2-4-9(14)5-3-8/h2-6,14H,1H3,(H2,11,12). The second-order valence-electron chi connectivity index (χ2n) is 3.16. The quantitative estimate of drug-likeness (QED) is 0.714. The Hall–Kier alpha value is -1.97. The molecule has 1 heterocycles. The Morgan fingerprint density at radius 3 is 2.43 bits per heavy atom. The SMILES string of the molecule is Cc1cn(-c2ccc(O)cc2)nc1N. The summed E-state index contributed by atoms with van der Waals surface area (Å²) in [6.45, 7) is 1.90. The van der Waals surface area contributed by atoms with Crippen LogP contribution in [0.1, 0.15) is 5.56 Å². The molecule has 1 aromatic heterocycles. The van der Waals surface area contributed by atoms with E-state index in [0.29, 0.717) is 5.82 Å². The minimum atomic E-state index is 0.241. The molecule has 2 rings (SSSR count). The molecule has 4 heteroatoms. The van der Waals surface area contributed by atoms with Crippen LogP contribution >= 0.6 is 0 Å². The van der Waals surface area contributed by atoms with Crippen LogP contribution in [0.25, 0.3) is 5.69 Å². The molecular weight excluding hydrogens is 178 g/mol. The summed E-state index contributed by atoms with van der Waals surface area (Å²) in [5.74, 6) is 0.767. The van der Waals surface area contributed by atoms with Crippen molar-refractivity contribution in [2.75, 3.05) is 5.73 Å². The average Bonchev–Trinajstić information content (AvgIpc) is 2.48. The van der Waals surface area contributed by atoms with Gasteiger partial charge in [-0.3, -0.25) is 0 Å². The summed E-state index contributed by atoms with van der Waals surface area (Å²) in [5, 5.41) is 13.2. The van der Waals surface area contributed by atoms with Gasteiger partial charge < -0.3 is 10.8 Å². The second kappa shape index (κ2) is 3.06. The largest absolute Gasteiger partial charge is 0.508 e. The molecule has 0 fully saturated rings. The molecule has 0 amide bonds. The van der Waals surface area contributed by atoms with Crippen molar-refractivity contribution in [3.63, 3.8) is 0 Å². The van der Waals surface area contributed by atoms with Crippen LogP contribution in [0.15, 0.2) is 30.5 Å². The van der Waals surface area contributed by atoms with Gasteiger partial charge in [-0.15, -0.1) is 0 Å². The van der Waals surface area contributed by atoms with E-state index >= 15 is 0 Å². The monoisotopic (exact) mass is 189 g/mol. The summed E-state index contributed by atoms with van der Waals surface area (Å²) in [6, 6.07) is 6.79. The predicted octanol–water partition coefficient (Wildman–Crippen LogP) is 1.47. The van der Waals surface area contributed by atoms with Crippen molar-refractivity contribution >= 4 is 5.82 Å². The van der Waals surface area contributed by atoms with E-state index < -0.39 is 0 Å². The van der Waals surface area contributed by atoms with Crippen LogP contribution < -0.4 is 5.73 Å². The number of benzene rings is 1. The molecule has 2 aromatic rings. The average molecular weight is 189 g/mol. The van der Waals surface area contributed by atoms with Gasteiger partial charge in [0.05, 0.1) is 5.69 Å². The number of aromatic nitrogens is 2. The van der Waals surface area contributed by atoms with E-state index in [0.717, 1.165) is 11.3 Å². The molecule has 0 saturated carbocycles. The van der Waals surface area contributed by atoms with E-state index in [1.54, 1.807) is 28.9 Å². The normalized spacial score (nSPS) is 10.4. The molecule has 0 aliphatic rings. The van der Waals surface area contributed by atoms with Crippen molar-refractivity contribution < 1.29 is 5.11 Å². The molecule has 0 spiro atoms. The third-order valence-electron chi connectivity index (χ3n) is 2.05.